The molecule has 1 aliphatic heterocycles. The number of hydrogen-bond acceptors (Lipinski definition) is 5. The molecule has 128 valence electrons. The van der Waals surface area contributed by atoms with Crippen molar-refractivity contribution in [3.63, 3.8) is 0 Å². The molecule has 1 saturated heterocycles. The van der Waals surface area contributed by atoms with Gasteiger partial charge in [-0.15, -0.1) is 0 Å². The Morgan fingerprint density at radius 1 is 1.09 bits per heavy atom. The molecule has 2 N–H and O–H groups in total. The minimum absolute atomic E-state index is 0.113. The highest BCUT2D eigenvalue weighted by molar-refractivity contribution is 7.84. The van der Waals surface area contributed by atoms with Gasteiger partial charge in [0, 0.05) is 19.3 Å². The van der Waals surface area contributed by atoms with Gasteiger partial charge in [-0.25, -0.2) is 5.14 Å². The average Bonchev–Trinajstić information content (AvgIpc) is 2.83. The summed E-state index contributed by atoms with van der Waals surface area (Å²) in [5.41, 5.74) is 1.12. The summed E-state index contributed by atoms with van der Waals surface area (Å²) in [6.45, 7) is -0.113. The van der Waals surface area contributed by atoms with E-state index in [-0.39, 0.29) is 12.7 Å². The number of ether oxygens (including phenoxy) is 2. The average molecular weight is 341 g/mol. The van der Waals surface area contributed by atoms with Crippen LogP contribution in [0.25, 0.3) is 0 Å². The molecule has 2 atom stereocenters. The second kappa shape index (κ2) is 6.86. The fourth-order valence-corrected chi connectivity index (χ4v) is 3.70. The molecule has 0 bridgehead atoms. The summed E-state index contributed by atoms with van der Waals surface area (Å²) in [4.78, 5) is 0. The lowest BCUT2D eigenvalue weighted by atomic mass is 9.94. The van der Waals surface area contributed by atoms with E-state index in [4.69, 9.17) is 18.8 Å². The van der Waals surface area contributed by atoms with Gasteiger partial charge < -0.3 is 9.47 Å². The first-order valence-electron chi connectivity index (χ1n) is 8.03. The Morgan fingerprint density at radius 3 is 2.39 bits per heavy atom. The van der Waals surface area contributed by atoms with Gasteiger partial charge in [0.1, 0.15) is 6.10 Å². The molecular weight excluding hydrogens is 318 g/mol. The lowest BCUT2D eigenvalue weighted by Crippen LogP contribution is -2.34. The summed E-state index contributed by atoms with van der Waals surface area (Å²) >= 11 is 0. The first-order valence-corrected chi connectivity index (χ1v) is 9.50. The number of hydrogen-bond donors (Lipinski definition) is 1. The van der Waals surface area contributed by atoms with Crippen LogP contribution in [-0.4, -0.2) is 33.0 Å². The molecule has 23 heavy (non-hydrogen) atoms. The van der Waals surface area contributed by atoms with Crippen LogP contribution in [0.1, 0.15) is 37.7 Å². The molecule has 1 spiro atoms. The van der Waals surface area contributed by atoms with E-state index in [0.717, 1.165) is 31.2 Å². The molecule has 6 nitrogen and oxygen atoms in total. The summed E-state index contributed by atoms with van der Waals surface area (Å²) in [5.74, 6) is -0.593. The van der Waals surface area contributed by atoms with Crippen LogP contribution in [0.5, 0.6) is 0 Å². The van der Waals surface area contributed by atoms with Gasteiger partial charge in [0.2, 0.25) is 0 Å². The molecule has 2 fully saturated rings. The molecule has 1 aromatic rings. The van der Waals surface area contributed by atoms with Crippen molar-refractivity contribution < 1.29 is 22.1 Å². The Bertz CT molecular complexity index is 613. The predicted molar refractivity (Wildman–Crippen MR) is 84.8 cm³/mol. The first-order chi connectivity index (χ1) is 11.0. The summed E-state index contributed by atoms with van der Waals surface area (Å²) in [6, 6.07) is 9.94. The zero-order chi connectivity index (χ0) is 16.3. The quantitative estimate of drug-likeness (QED) is 0.883. The van der Waals surface area contributed by atoms with Crippen LogP contribution in [0.3, 0.4) is 0 Å². The van der Waals surface area contributed by atoms with Crippen molar-refractivity contribution in [2.75, 3.05) is 6.61 Å². The van der Waals surface area contributed by atoms with E-state index in [1.54, 1.807) is 0 Å². The third-order valence-electron chi connectivity index (χ3n) is 4.44. The third-order valence-corrected chi connectivity index (χ3v) is 4.90. The fourth-order valence-electron chi connectivity index (χ4n) is 3.38. The maximum Gasteiger partial charge on any atom is 0.333 e. The van der Waals surface area contributed by atoms with Crippen molar-refractivity contribution in [1.82, 2.24) is 0 Å². The van der Waals surface area contributed by atoms with E-state index >= 15 is 0 Å². The molecule has 1 heterocycles. The molecule has 1 saturated carbocycles. The minimum atomic E-state index is -3.99. The highest BCUT2D eigenvalue weighted by Crippen LogP contribution is 2.41. The van der Waals surface area contributed by atoms with Gasteiger partial charge in [-0.1, -0.05) is 36.8 Å². The summed E-state index contributed by atoms with van der Waals surface area (Å²) in [5, 5.41) is 4.94. The Balaban J connectivity index is 1.72. The number of nitrogens with two attached hydrogens (primary N) is 1. The lowest BCUT2D eigenvalue weighted by molar-refractivity contribution is -0.195. The van der Waals surface area contributed by atoms with E-state index in [1.165, 1.54) is 6.42 Å². The fraction of sp³-hybridized carbons (Fsp3) is 0.625. The molecule has 3 rings (SSSR count). The Kier molecular flexibility index (Phi) is 5.03. The smallest absolute Gasteiger partial charge is 0.333 e. The normalized spacial score (nSPS) is 27.3. The molecule has 0 aromatic heterocycles. The number of rotatable bonds is 5. The van der Waals surface area contributed by atoms with Gasteiger partial charge >= 0.3 is 10.3 Å². The molecule has 7 heteroatoms. The summed E-state index contributed by atoms with van der Waals surface area (Å²) < 4.78 is 39.3. The second-order valence-corrected chi connectivity index (χ2v) is 7.47. The van der Waals surface area contributed by atoms with Crippen molar-refractivity contribution in [2.45, 2.75) is 56.5 Å². The molecule has 0 amide bonds. The molecule has 2 aliphatic rings. The standard InChI is InChI=1S/C16H23NO5S/c17-23(18,19)20-12-15-14(11-13-7-3-1-4-8-13)21-16(22-15)9-5-2-6-10-16/h1,3-4,7-8,14-15H,2,5-6,9-12H2,(H2,17,18,19). The van der Waals surface area contributed by atoms with Gasteiger partial charge in [0.25, 0.3) is 0 Å². The Hall–Kier alpha value is -0.990. The van der Waals surface area contributed by atoms with Crippen LogP contribution in [0.2, 0.25) is 0 Å². The SMILES string of the molecule is NS(=O)(=O)OCC1OC2(CCCCC2)OC1Cc1ccccc1. The monoisotopic (exact) mass is 341 g/mol. The summed E-state index contributed by atoms with van der Waals surface area (Å²) in [7, 11) is -3.99. The molecule has 0 radical (unpaired) electrons. The van der Waals surface area contributed by atoms with Crippen LogP contribution >= 0.6 is 0 Å². The van der Waals surface area contributed by atoms with E-state index in [1.807, 2.05) is 30.3 Å². The maximum atomic E-state index is 11.1. The Morgan fingerprint density at radius 2 is 1.74 bits per heavy atom. The molecule has 2 unspecified atom stereocenters. The van der Waals surface area contributed by atoms with Crippen LogP contribution in [0.15, 0.2) is 30.3 Å². The highest BCUT2D eigenvalue weighted by Gasteiger charge is 2.48. The lowest BCUT2D eigenvalue weighted by Gasteiger charge is -2.32. The van der Waals surface area contributed by atoms with Crippen molar-refractivity contribution in [1.29, 1.82) is 0 Å². The summed E-state index contributed by atoms with van der Waals surface area (Å²) in [6.07, 6.45) is 4.94. The molecular formula is C16H23NO5S. The zero-order valence-corrected chi connectivity index (χ0v) is 13.8. The minimum Gasteiger partial charge on any atom is -0.344 e. The maximum absolute atomic E-state index is 11.1. The van der Waals surface area contributed by atoms with E-state index in [2.05, 4.69) is 0 Å². The molecule has 1 aliphatic carbocycles. The van der Waals surface area contributed by atoms with E-state index in [0.29, 0.717) is 6.42 Å². The van der Waals surface area contributed by atoms with Gasteiger partial charge in [-0.3, -0.25) is 4.18 Å². The zero-order valence-electron chi connectivity index (χ0n) is 13.0. The van der Waals surface area contributed by atoms with Crippen molar-refractivity contribution in [3.05, 3.63) is 35.9 Å². The van der Waals surface area contributed by atoms with E-state index in [9.17, 15) is 8.42 Å². The van der Waals surface area contributed by atoms with Gasteiger partial charge in [-0.05, 0) is 18.4 Å². The van der Waals surface area contributed by atoms with Crippen LogP contribution in [0.4, 0.5) is 0 Å². The number of benzene rings is 1. The van der Waals surface area contributed by atoms with Crippen molar-refractivity contribution in [2.24, 2.45) is 5.14 Å². The third kappa shape index (κ3) is 4.51. The first kappa shape index (κ1) is 16.9. The van der Waals surface area contributed by atoms with Crippen LogP contribution in [0, 0.1) is 0 Å². The van der Waals surface area contributed by atoms with Crippen LogP contribution in [-0.2, 0) is 30.4 Å². The second-order valence-electron chi connectivity index (χ2n) is 6.25. The van der Waals surface area contributed by atoms with Gasteiger partial charge in [-0.2, -0.15) is 8.42 Å². The largest absolute Gasteiger partial charge is 0.344 e. The van der Waals surface area contributed by atoms with Crippen molar-refractivity contribution in [3.8, 4) is 0 Å². The predicted octanol–water partition coefficient (Wildman–Crippen LogP) is 1.89. The van der Waals surface area contributed by atoms with Crippen LogP contribution < -0.4 is 5.14 Å². The highest BCUT2D eigenvalue weighted by atomic mass is 32.2. The van der Waals surface area contributed by atoms with Crippen molar-refractivity contribution >= 4 is 10.3 Å². The molecule has 1 aromatic carbocycles. The van der Waals surface area contributed by atoms with Gasteiger partial charge in [0.05, 0.1) is 12.7 Å². The Labute approximate surface area is 137 Å². The van der Waals surface area contributed by atoms with E-state index < -0.39 is 22.2 Å². The van der Waals surface area contributed by atoms with Gasteiger partial charge in [0.15, 0.2) is 5.79 Å². The topological polar surface area (TPSA) is 87.9 Å².